The van der Waals surface area contributed by atoms with Crippen molar-refractivity contribution in [2.45, 2.75) is 25.8 Å². The second kappa shape index (κ2) is 8.83. The molecule has 3 aliphatic heterocycles. The molecule has 3 aliphatic rings. The topological polar surface area (TPSA) is 69.2 Å². The molecule has 1 N–H and O–H groups in total. The lowest BCUT2D eigenvalue weighted by Crippen LogP contribution is -2.40. The molecule has 6 heteroatoms. The number of aliphatic imine (C=N–C) groups is 1. The number of aryl methyl sites for hydroxylation is 2. The zero-order valence-electron chi connectivity index (χ0n) is 20.3. The van der Waals surface area contributed by atoms with E-state index in [4.69, 9.17) is 4.99 Å². The van der Waals surface area contributed by atoms with Gasteiger partial charge in [-0.1, -0.05) is 24.3 Å². The fourth-order valence-corrected chi connectivity index (χ4v) is 5.82. The number of hydrogen-bond acceptors (Lipinski definition) is 5. The molecular formula is C29H30N6. The molecule has 2 atom stereocenters. The highest BCUT2D eigenvalue weighted by atomic mass is 15.2. The van der Waals surface area contributed by atoms with Crippen LogP contribution in [0.25, 0.3) is 22.2 Å². The highest BCUT2D eigenvalue weighted by molar-refractivity contribution is 6.01. The average Bonchev–Trinajstić information content (AvgIpc) is 3.47. The molecule has 6 rings (SSSR count). The summed E-state index contributed by atoms with van der Waals surface area (Å²) in [6.45, 7) is 5.31. The van der Waals surface area contributed by atoms with E-state index in [-0.39, 0.29) is 12.0 Å². The maximum absolute atomic E-state index is 9.48. The summed E-state index contributed by atoms with van der Waals surface area (Å²) in [6, 6.07) is 15.2. The first-order valence-corrected chi connectivity index (χ1v) is 12.5. The Kier molecular flexibility index (Phi) is 5.50. The van der Waals surface area contributed by atoms with E-state index in [1.807, 2.05) is 30.9 Å². The SMILES string of the molecule is Cc1cc(C2=C(c3ccc4c(cnn4C)c3)N=CC3C2C=CN3CC2CCNCC2)ccc1C#N. The van der Waals surface area contributed by atoms with E-state index >= 15 is 0 Å². The van der Waals surface area contributed by atoms with Crippen LogP contribution in [0.3, 0.4) is 0 Å². The number of fused-ring (bicyclic) bond motifs is 2. The predicted molar refractivity (Wildman–Crippen MR) is 141 cm³/mol. The molecule has 4 heterocycles. The molecule has 6 nitrogen and oxygen atoms in total. The fourth-order valence-electron chi connectivity index (χ4n) is 5.82. The summed E-state index contributed by atoms with van der Waals surface area (Å²) >= 11 is 0. The molecule has 176 valence electrons. The molecule has 2 unspecified atom stereocenters. The van der Waals surface area contributed by atoms with Gasteiger partial charge in [0.1, 0.15) is 0 Å². The Bertz CT molecular complexity index is 1410. The standard InChI is InChI=1S/C29H30N6/c1-19-13-21(3-4-23(19)15-30)28-25-9-12-35(18-20-7-10-31-11-8-20)27(25)17-32-29(28)22-5-6-26-24(14-22)16-33-34(26)2/h3-6,9,12-14,16-17,20,25,27,31H,7-8,10-11,18H2,1-2H3. The van der Waals surface area contributed by atoms with E-state index in [9.17, 15) is 5.26 Å². The third-order valence-electron chi connectivity index (χ3n) is 7.79. The van der Waals surface area contributed by atoms with Crippen LogP contribution in [0.4, 0.5) is 0 Å². The molecule has 3 aromatic rings. The van der Waals surface area contributed by atoms with Crippen molar-refractivity contribution in [3.63, 3.8) is 0 Å². The Balaban J connectivity index is 1.43. The van der Waals surface area contributed by atoms with Crippen molar-refractivity contribution in [2.24, 2.45) is 23.9 Å². The Morgan fingerprint density at radius 2 is 1.94 bits per heavy atom. The molecule has 0 amide bonds. The van der Waals surface area contributed by atoms with Gasteiger partial charge in [0.15, 0.2) is 0 Å². The second-order valence-corrected chi connectivity index (χ2v) is 9.97. The quantitative estimate of drug-likeness (QED) is 0.619. The molecule has 1 aromatic heterocycles. The molecule has 0 saturated carbocycles. The molecular weight excluding hydrogens is 432 g/mol. The van der Waals surface area contributed by atoms with E-state index in [2.05, 4.69) is 70.2 Å². The van der Waals surface area contributed by atoms with Gasteiger partial charge in [0, 0.05) is 36.7 Å². The van der Waals surface area contributed by atoms with Crippen LogP contribution in [0, 0.1) is 30.1 Å². The van der Waals surface area contributed by atoms with Crippen molar-refractivity contribution >= 4 is 28.4 Å². The molecule has 0 spiro atoms. The first-order valence-electron chi connectivity index (χ1n) is 12.5. The molecule has 2 aromatic carbocycles. The van der Waals surface area contributed by atoms with Gasteiger partial charge in [0.05, 0.1) is 35.1 Å². The number of nitrogens with one attached hydrogen (secondary N) is 1. The summed E-state index contributed by atoms with van der Waals surface area (Å²) in [4.78, 5) is 7.59. The lowest BCUT2D eigenvalue weighted by atomic mass is 9.82. The van der Waals surface area contributed by atoms with E-state index in [0.29, 0.717) is 5.92 Å². The normalized spacial score (nSPS) is 22.1. The van der Waals surface area contributed by atoms with Crippen LogP contribution in [0.15, 0.2) is 59.9 Å². The minimum absolute atomic E-state index is 0.223. The van der Waals surface area contributed by atoms with Crippen LogP contribution < -0.4 is 5.32 Å². The first-order chi connectivity index (χ1) is 17.1. The number of nitrogens with zero attached hydrogens (tertiary/aromatic N) is 5. The fraction of sp³-hybridized carbons (Fsp3) is 0.345. The van der Waals surface area contributed by atoms with Gasteiger partial charge >= 0.3 is 0 Å². The zero-order valence-corrected chi connectivity index (χ0v) is 20.3. The van der Waals surface area contributed by atoms with Crippen molar-refractivity contribution in [1.82, 2.24) is 20.0 Å². The van der Waals surface area contributed by atoms with Gasteiger partial charge in [0.25, 0.3) is 0 Å². The highest BCUT2D eigenvalue weighted by Gasteiger charge is 2.36. The van der Waals surface area contributed by atoms with Crippen LogP contribution in [0.5, 0.6) is 0 Å². The van der Waals surface area contributed by atoms with Gasteiger partial charge in [-0.3, -0.25) is 9.67 Å². The molecule has 1 saturated heterocycles. The summed E-state index contributed by atoms with van der Waals surface area (Å²) in [5.74, 6) is 0.938. The molecule has 35 heavy (non-hydrogen) atoms. The van der Waals surface area contributed by atoms with Crippen molar-refractivity contribution in [3.05, 3.63) is 77.1 Å². The Hall–Kier alpha value is -3.69. The minimum atomic E-state index is 0.223. The highest BCUT2D eigenvalue weighted by Crippen LogP contribution is 2.43. The first kappa shape index (κ1) is 21.8. The van der Waals surface area contributed by atoms with Gasteiger partial charge < -0.3 is 10.2 Å². The van der Waals surface area contributed by atoms with E-state index < -0.39 is 0 Å². The Labute approximate surface area is 206 Å². The Morgan fingerprint density at radius 1 is 1.11 bits per heavy atom. The van der Waals surface area contributed by atoms with Crippen molar-refractivity contribution in [1.29, 1.82) is 5.26 Å². The lowest BCUT2D eigenvalue weighted by Gasteiger charge is -2.35. The average molecular weight is 463 g/mol. The Morgan fingerprint density at radius 3 is 2.74 bits per heavy atom. The molecule has 0 bridgehead atoms. The monoisotopic (exact) mass is 462 g/mol. The number of hydrogen-bond donors (Lipinski definition) is 1. The zero-order chi connectivity index (χ0) is 23.9. The van der Waals surface area contributed by atoms with Gasteiger partial charge in [-0.15, -0.1) is 0 Å². The van der Waals surface area contributed by atoms with Gasteiger partial charge in [-0.05, 0) is 79.9 Å². The number of piperidine rings is 1. The predicted octanol–water partition coefficient (Wildman–Crippen LogP) is 4.52. The van der Waals surface area contributed by atoms with E-state index in [1.165, 1.54) is 18.4 Å². The number of nitriles is 1. The maximum atomic E-state index is 9.48. The minimum Gasteiger partial charge on any atom is -0.369 e. The van der Waals surface area contributed by atoms with Gasteiger partial charge in [-0.25, -0.2) is 0 Å². The van der Waals surface area contributed by atoms with Crippen LogP contribution in [0.2, 0.25) is 0 Å². The van der Waals surface area contributed by atoms with Crippen molar-refractivity contribution < 1.29 is 0 Å². The molecule has 1 fully saturated rings. The third kappa shape index (κ3) is 3.86. The van der Waals surface area contributed by atoms with E-state index in [1.54, 1.807) is 0 Å². The van der Waals surface area contributed by atoms with Crippen LogP contribution in [-0.2, 0) is 7.05 Å². The van der Waals surface area contributed by atoms with Crippen LogP contribution in [-0.4, -0.2) is 46.6 Å². The second-order valence-electron chi connectivity index (χ2n) is 9.97. The van der Waals surface area contributed by atoms with Crippen molar-refractivity contribution in [3.8, 4) is 6.07 Å². The van der Waals surface area contributed by atoms with Crippen LogP contribution >= 0.6 is 0 Å². The summed E-state index contributed by atoms with van der Waals surface area (Å²) in [6.07, 6.45) is 11.2. The molecule has 0 aliphatic carbocycles. The maximum Gasteiger partial charge on any atom is 0.0994 e. The summed E-state index contributed by atoms with van der Waals surface area (Å²) in [5, 5.41) is 18.5. The lowest BCUT2D eigenvalue weighted by molar-refractivity contribution is 0.248. The third-order valence-corrected chi connectivity index (χ3v) is 7.79. The van der Waals surface area contributed by atoms with Gasteiger partial charge in [-0.2, -0.15) is 10.4 Å². The summed E-state index contributed by atoms with van der Waals surface area (Å²) < 4.78 is 1.90. The van der Waals surface area contributed by atoms with Gasteiger partial charge in [0.2, 0.25) is 0 Å². The smallest absolute Gasteiger partial charge is 0.0994 e. The number of rotatable bonds is 4. The largest absolute Gasteiger partial charge is 0.369 e. The molecule has 0 radical (unpaired) electrons. The van der Waals surface area contributed by atoms with Crippen molar-refractivity contribution in [2.75, 3.05) is 19.6 Å². The number of aromatic nitrogens is 2. The number of benzene rings is 2. The summed E-state index contributed by atoms with van der Waals surface area (Å²) in [7, 11) is 1.97. The summed E-state index contributed by atoms with van der Waals surface area (Å²) in [5.41, 5.74) is 7.31. The van der Waals surface area contributed by atoms with E-state index in [0.717, 1.165) is 58.5 Å². The van der Waals surface area contributed by atoms with Crippen LogP contribution in [0.1, 0.15) is 35.1 Å².